The van der Waals surface area contributed by atoms with Crippen LogP contribution < -0.4 is 4.74 Å². The highest BCUT2D eigenvalue weighted by atomic mass is 16.5. The molecule has 0 spiro atoms. The number of benzene rings is 2. The van der Waals surface area contributed by atoms with Crippen LogP contribution in [0.2, 0.25) is 0 Å². The summed E-state index contributed by atoms with van der Waals surface area (Å²) in [5.74, 6) is 2.03. The lowest BCUT2D eigenvalue weighted by atomic mass is 9.99. The fraction of sp³-hybridized carbons (Fsp3) is 0.130. The topological polar surface area (TPSA) is 9.23 Å². The van der Waals surface area contributed by atoms with Crippen molar-refractivity contribution in [1.29, 1.82) is 0 Å². The average Bonchev–Trinajstić information content (AvgIpc) is 2.55. The largest absolute Gasteiger partial charge is 0.457 e. The average molecular weight is 315 g/mol. The minimum Gasteiger partial charge on any atom is -0.457 e. The van der Waals surface area contributed by atoms with Gasteiger partial charge in [0.1, 0.15) is 11.5 Å². The molecule has 1 heteroatoms. The Bertz CT molecular complexity index is 737. The van der Waals surface area contributed by atoms with E-state index in [2.05, 4.69) is 32.4 Å². The second kappa shape index (κ2) is 8.93. The van der Waals surface area contributed by atoms with Crippen LogP contribution in [0.4, 0.5) is 0 Å². The first-order chi connectivity index (χ1) is 11.6. The molecule has 24 heavy (non-hydrogen) atoms. The van der Waals surface area contributed by atoms with E-state index in [1.54, 1.807) is 6.08 Å². The van der Waals surface area contributed by atoms with Crippen molar-refractivity contribution in [3.8, 4) is 11.5 Å². The first-order valence-electron chi connectivity index (χ1n) is 7.99. The first-order valence-corrected chi connectivity index (χ1v) is 7.99. The van der Waals surface area contributed by atoms with Crippen LogP contribution in [0.25, 0.3) is 6.08 Å². The predicted molar refractivity (Wildman–Crippen MR) is 103 cm³/mol. The van der Waals surface area contributed by atoms with Crippen LogP contribution in [0.3, 0.4) is 0 Å². The van der Waals surface area contributed by atoms with Crippen LogP contribution in [0, 0.1) is 32.8 Å². The number of aryl methyl sites for hydroxylation is 1. The molecule has 0 fully saturated rings. The van der Waals surface area contributed by atoms with E-state index in [4.69, 9.17) is 11.3 Å². The third kappa shape index (κ3) is 5.92. The molecule has 1 atom stereocenters. The van der Waals surface area contributed by atoms with Gasteiger partial charge < -0.3 is 4.74 Å². The van der Waals surface area contributed by atoms with Crippen molar-refractivity contribution in [2.45, 2.75) is 13.8 Å². The summed E-state index contributed by atoms with van der Waals surface area (Å²) in [7, 11) is 0. The third-order valence-electron chi connectivity index (χ3n) is 3.47. The van der Waals surface area contributed by atoms with Gasteiger partial charge in [-0.1, -0.05) is 60.7 Å². The highest BCUT2D eigenvalue weighted by Crippen LogP contribution is 2.23. The third-order valence-corrected chi connectivity index (χ3v) is 3.47. The summed E-state index contributed by atoms with van der Waals surface area (Å²) in [5, 5.41) is 0. The molecule has 2 aromatic carbocycles. The maximum absolute atomic E-state index is 5.73. The SMILES string of the molecule is [CH2]C1[CH]C=CC(C)=C1.[CH]=Cc1cccc(Oc2cccc(C)c2)c1. The molecule has 0 aliphatic heterocycles. The number of ether oxygens (including phenoxy) is 1. The van der Waals surface area contributed by atoms with E-state index in [1.807, 2.05) is 61.5 Å². The summed E-state index contributed by atoms with van der Waals surface area (Å²) in [6.45, 7) is 13.4. The summed E-state index contributed by atoms with van der Waals surface area (Å²) < 4.78 is 5.73. The van der Waals surface area contributed by atoms with Crippen LogP contribution in [-0.4, -0.2) is 0 Å². The molecule has 0 N–H and O–H groups in total. The zero-order chi connectivity index (χ0) is 17.4. The van der Waals surface area contributed by atoms with E-state index in [0.29, 0.717) is 5.92 Å². The van der Waals surface area contributed by atoms with Crippen LogP contribution in [0.15, 0.2) is 72.3 Å². The van der Waals surface area contributed by atoms with E-state index in [1.165, 1.54) is 11.1 Å². The highest BCUT2D eigenvalue weighted by molar-refractivity contribution is 5.49. The highest BCUT2D eigenvalue weighted by Gasteiger charge is 1.99. The number of hydrogen-bond donors (Lipinski definition) is 0. The monoisotopic (exact) mass is 315 g/mol. The molecule has 3 rings (SSSR count). The van der Waals surface area contributed by atoms with Gasteiger partial charge in [-0.25, -0.2) is 0 Å². The Morgan fingerprint density at radius 2 is 1.75 bits per heavy atom. The molecular weight excluding hydrogens is 292 g/mol. The maximum Gasteiger partial charge on any atom is 0.128 e. The molecular formula is C23H23O. The van der Waals surface area contributed by atoms with Gasteiger partial charge in [0.2, 0.25) is 0 Å². The zero-order valence-electron chi connectivity index (χ0n) is 14.3. The van der Waals surface area contributed by atoms with E-state index in [-0.39, 0.29) is 0 Å². The molecule has 1 aliphatic rings. The molecule has 0 saturated heterocycles. The van der Waals surface area contributed by atoms with Crippen molar-refractivity contribution in [2.24, 2.45) is 5.92 Å². The Hall–Kier alpha value is -2.54. The van der Waals surface area contributed by atoms with Gasteiger partial charge in [0.05, 0.1) is 0 Å². The van der Waals surface area contributed by atoms with Crippen molar-refractivity contribution in [2.75, 3.05) is 0 Å². The van der Waals surface area contributed by atoms with Crippen molar-refractivity contribution in [1.82, 2.24) is 0 Å². The van der Waals surface area contributed by atoms with Crippen molar-refractivity contribution in [3.05, 3.63) is 103 Å². The molecule has 0 amide bonds. The first kappa shape index (κ1) is 17.8. The quantitative estimate of drug-likeness (QED) is 0.637. The van der Waals surface area contributed by atoms with E-state index in [0.717, 1.165) is 17.1 Å². The van der Waals surface area contributed by atoms with E-state index >= 15 is 0 Å². The van der Waals surface area contributed by atoms with Gasteiger partial charge in [-0.05, 0) is 68.5 Å². The second-order valence-electron chi connectivity index (χ2n) is 5.78. The van der Waals surface area contributed by atoms with Crippen LogP contribution in [-0.2, 0) is 0 Å². The molecule has 121 valence electrons. The van der Waals surface area contributed by atoms with Gasteiger partial charge in [-0.15, -0.1) is 0 Å². The van der Waals surface area contributed by atoms with Crippen molar-refractivity contribution in [3.63, 3.8) is 0 Å². The van der Waals surface area contributed by atoms with E-state index < -0.39 is 0 Å². The van der Waals surface area contributed by atoms with Crippen LogP contribution in [0.1, 0.15) is 18.1 Å². The lowest BCUT2D eigenvalue weighted by Crippen LogP contribution is -1.93. The Morgan fingerprint density at radius 3 is 2.33 bits per heavy atom. The minimum atomic E-state index is 0.389. The Balaban J connectivity index is 0.000000219. The lowest BCUT2D eigenvalue weighted by molar-refractivity contribution is 0.482. The standard InChI is InChI=1S/C15H13O.C8H10/c1-3-13-7-5-9-15(11-13)16-14-8-4-6-12(2)10-14;1-7-4-3-5-8(2)6-7/h1,3-11H,2H3;3-7H,1H2,2H3. The molecule has 0 saturated carbocycles. The lowest BCUT2D eigenvalue weighted by Gasteiger charge is -2.06. The van der Waals surface area contributed by atoms with E-state index in [9.17, 15) is 0 Å². The molecule has 1 unspecified atom stereocenters. The van der Waals surface area contributed by atoms with Gasteiger partial charge in [0, 0.05) is 0 Å². The summed E-state index contributed by atoms with van der Waals surface area (Å²) in [4.78, 5) is 0. The predicted octanol–water partition coefficient (Wildman–Crippen LogP) is 6.39. The molecule has 2 aromatic rings. The molecule has 3 radical (unpaired) electrons. The number of rotatable bonds is 3. The van der Waals surface area contributed by atoms with Crippen LogP contribution >= 0.6 is 0 Å². The number of allylic oxidation sites excluding steroid dienone is 4. The summed E-state index contributed by atoms with van der Waals surface area (Å²) in [5.41, 5.74) is 3.44. The minimum absolute atomic E-state index is 0.389. The fourth-order valence-electron chi connectivity index (χ4n) is 2.30. The van der Waals surface area contributed by atoms with Gasteiger partial charge in [0.25, 0.3) is 0 Å². The van der Waals surface area contributed by atoms with Gasteiger partial charge in [-0.3, -0.25) is 0 Å². The molecule has 1 aliphatic carbocycles. The van der Waals surface area contributed by atoms with Crippen molar-refractivity contribution >= 4 is 6.08 Å². The van der Waals surface area contributed by atoms with Crippen LogP contribution in [0.5, 0.6) is 11.5 Å². The Kier molecular flexibility index (Phi) is 6.62. The van der Waals surface area contributed by atoms with Crippen molar-refractivity contribution < 1.29 is 4.74 Å². The summed E-state index contributed by atoms with van der Waals surface area (Å²) >= 11 is 0. The Morgan fingerprint density at radius 1 is 1.04 bits per heavy atom. The van der Waals surface area contributed by atoms with Gasteiger partial charge in [-0.2, -0.15) is 0 Å². The molecule has 1 nitrogen and oxygen atoms in total. The molecule has 0 aromatic heterocycles. The molecule has 0 bridgehead atoms. The summed E-state index contributed by atoms with van der Waals surface area (Å²) in [6.07, 6.45) is 9.91. The normalized spacial score (nSPS) is 15.8. The maximum atomic E-state index is 5.73. The smallest absolute Gasteiger partial charge is 0.128 e. The summed E-state index contributed by atoms with van der Waals surface area (Å²) in [6, 6.07) is 15.6. The van der Waals surface area contributed by atoms with Gasteiger partial charge in [0.15, 0.2) is 0 Å². The second-order valence-corrected chi connectivity index (χ2v) is 5.78. The number of hydrogen-bond acceptors (Lipinski definition) is 1. The molecule has 0 heterocycles. The van der Waals surface area contributed by atoms with Gasteiger partial charge >= 0.3 is 0 Å². The Labute approximate surface area is 146 Å². The fourth-order valence-corrected chi connectivity index (χ4v) is 2.30. The zero-order valence-corrected chi connectivity index (χ0v) is 14.3.